The van der Waals surface area contributed by atoms with Gasteiger partial charge in [0.2, 0.25) is 0 Å². The lowest BCUT2D eigenvalue weighted by molar-refractivity contribution is 0.0985. The molecule has 38 heavy (non-hydrogen) atoms. The minimum Gasteiger partial charge on any atom is -0.385 e. The third-order valence-corrected chi connectivity index (χ3v) is 6.48. The van der Waals surface area contributed by atoms with E-state index in [1.807, 2.05) is 56.4 Å². The predicted octanol–water partition coefficient (Wildman–Crippen LogP) is 4.78. The van der Waals surface area contributed by atoms with E-state index in [4.69, 9.17) is 0 Å². The number of hydrogen-bond acceptors (Lipinski definition) is 5. The number of hydrogen-bond donors (Lipinski definition) is 4. The predicted molar refractivity (Wildman–Crippen MR) is 157 cm³/mol. The second-order valence-corrected chi connectivity index (χ2v) is 9.28. The van der Waals surface area contributed by atoms with E-state index < -0.39 is 0 Å². The highest BCUT2D eigenvalue weighted by Crippen LogP contribution is 2.36. The molecule has 0 radical (unpaired) electrons. The third kappa shape index (κ3) is 7.32. The molecular formula is C28H37N7O2S. The zero-order valence-corrected chi connectivity index (χ0v) is 23.3. The Morgan fingerprint density at radius 2 is 1.92 bits per heavy atom. The van der Waals surface area contributed by atoms with Crippen molar-refractivity contribution >= 4 is 46.8 Å². The minimum absolute atomic E-state index is 0.0813. The summed E-state index contributed by atoms with van der Waals surface area (Å²) in [7, 11) is 3.65. The molecule has 0 saturated heterocycles. The van der Waals surface area contributed by atoms with Gasteiger partial charge in [-0.1, -0.05) is 50.2 Å². The van der Waals surface area contributed by atoms with Crippen LogP contribution in [0.25, 0.3) is 0 Å². The molecule has 0 atom stereocenters. The summed E-state index contributed by atoms with van der Waals surface area (Å²) >= 11 is 4.32. The maximum atomic E-state index is 13.6. The van der Waals surface area contributed by atoms with Crippen molar-refractivity contribution in [3.8, 4) is 0 Å². The Morgan fingerprint density at radius 1 is 1.16 bits per heavy atom. The first-order chi connectivity index (χ1) is 18.4. The molecule has 0 aliphatic carbocycles. The van der Waals surface area contributed by atoms with Crippen molar-refractivity contribution in [2.24, 2.45) is 7.05 Å². The summed E-state index contributed by atoms with van der Waals surface area (Å²) in [6.45, 7) is 5.61. The van der Waals surface area contributed by atoms with Gasteiger partial charge in [0.05, 0.1) is 29.6 Å². The number of rotatable bonds is 8. The summed E-state index contributed by atoms with van der Waals surface area (Å²) in [4.78, 5) is 27.4. The van der Waals surface area contributed by atoms with Crippen molar-refractivity contribution < 1.29 is 9.59 Å². The van der Waals surface area contributed by atoms with Crippen LogP contribution in [0.5, 0.6) is 0 Å². The Bertz CT molecular complexity index is 1260. The van der Waals surface area contributed by atoms with Gasteiger partial charge >= 0.3 is 6.03 Å². The number of carbonyl (C=O) groups is 2. The molecule has 4 N–H and O–H groups in total. The van der Waals surface area contributed by atoms with Gasteiger partial charge < -0.3 is 26.2 Å². The number of para-hydroxylation sites is 2. The van der Waals surface area contributed by atoms with Crippen molar-refractivity contribution in [3.63, 3.8) is 0 Å². The number of nitrogens with one attached hydrogen (secondary N) is 4. The Labute approximate surface area is 230 Å². The van der Waals surface area contributed by atoms with E-state index in [1.54, 1.807) is 22.8 Å². The molecule has 10 heteroatoms. The van der Waals surface area contributed by atoms with Gasteiger partial charge in [-0.2, -0.15) is 5.10 Å². The molecule has 3 aromatic rings. The maximum Gasteiger partial charge on any atom is 0.315 e. The summed E-state index contributed by atoms with van der Waals surface area (Å²) in [6.07, 6.45) is 5.00. The number of amides is 3. The van der Waals surface area contributed by atoms with Crippen LogP contribution in [0.15, 0.2) is 48.7 Å². The van der Waals surface area contributed by atoms with Crippen LogP contribution < -0.4 is 26.2 Å². The monoisotopic (exact) mass is 535 g/mol. The largest absolute Gasteiger partial charge is 0.385 e. The fraction of sp³-hybridized carbons (Fsp3) is 0.357. The zero-order chi connectivity index (χ0) is 27.5. The van der Waals surface area contributed by atoms with Gasteiger partial charge in [-0.15, -0.1) is 0 Å². The summed E-state index contributed by atoms with van der Waals surface area (Å²) in [6, 6.07) is 13.3. The minimum atomic E-state index is -0.170. The molecule has 202 valence electrons. The van der Waals surface area contributed by atoms with E-state index in [-0.39, 0.29) is 11.9 Å². The van der Waals surface area contributed by atoms with Crippen molar-refractivity contribution in [1.82, 2.24) is 25.7 Å². The molecule has 2 aromatic carbocycles. The number of aryl methyl sites for hydroxylation is 2. The summed E-state index contributed by atoms with van der Waals surface area (Å²) < 4.78 is 1.78. The highest BCUT2D eigenvalue weighted by atomic mass is 32.1. The molecule has 0 fully saturated rings. The number of thiocarbonyl (C=S) groups is 1. The first kappa shape index (κ1) is 28.6. The summed E-state index contributed by atoms with van der Waals surface area (Å²) in [5, 5.41) is 16.2. The Hall–Kier alpha value is -3.92. The molecule has 0 saturated carbocycles. The van der Waals surface area contributed by atoms with E-state index in [9.17, 15) is 9.59 Å². The van der Waals surface area contributed by atoms with E-state index in [1.165, 1.54) is 5.49 Å². The fourth-order valence-electron chi connectivity index (χ4n) is 4.14. The van der Waals surface area contributed by atoms with Crippen molar-refractivity contribution in [2.45, 2.75) is 46.2 Å². The number of carbonyl (C=O) groups excluding carboxylic acids is 2. The molecule has 1 aliphatic rings. The number of benzene rings is 2. The normalized spacial score (nSPS) is 11.5. The van der Waals surface area contributed by atoms with E-state index in [0.717, 1.165) is 53.1 Å². The third-order valence-electron chi connectivity index (χ3n) is 6.25. The van der Waals surface area contributed by atoms with Gasteiger partial charge in [0, 0.05) is 38.3 Å². The molecular weight excluding hydrogens is 498 g/mol. The molecule has 0 bridgehead atoms. The summed E-state index contributed by atoms with van der Waals surface area (Å²) in [5.41, 5.74) is 6.64. The highest BCUT2D eigenvalue weighted by molar-refractivity contribution is 7.78. The standard InChI is InChI=1S/C26H32N6O2.C2H5NS/c1-4-5-8-13-27-26(34)28-15-20-12-11-19(14-18(20)2)25(33)32-17-21-16-29-31(3)24(21)30-22-9-6-7-10-23(22)32;1-3-2-4/h6-7,9-12,14,16,30H,4-5,8,13,15,17H2,1-3H3,(H2,27,28,34);2H,1H3,(H,3,4). The zero-order valence-electron chi connectivity index (χ0n) is 22.5. The quantitative estimate of drug-likeness (QED) is 0.244. The molecule has 1 aliphatic heterocycles. The van der Waals surface area contributed by atoms with E-state index in [2.05, 4.69) is 45.5 Å². The van der Waals surface area contributed by atoms with Crippen LogP contribution in [-0.4, -0.2) is 40.8 Å². The average molecular weight is 536 g/mol. The second kappa shape index (κ2) is 14.1. The van der Waals surface area contributed by atoms with Crippen LogP contribution in [0.2, 0.25) is 0 Å². The van der Waals surface area contributed by atoms with Gasteiger partial charge in [-0.05, 0) is 48.7 Å². The summed E-state index contributed by atoms with van der Waals surface area (Å²) in [5.74, 6) is 0.801. The van der Waals surface area contributed by atoms with Crippen LogP contribution >= 0.6 is 12.2 Å². The Morgan fingerprint density at radius 3 is 2.63 bits per heavy atom. The van der Waals surface area contributed by atoms with E-state index >= 15 is 0 Å². The first-order valence-corrected chi connectivity index (χ1v) is 13.3. The number of anilines is 3. The molecule has 1 aromatic heterocycles. The van der Waals surface area contributed by atoms with Crippen LogP contribution in [0.4, 0.5) is 22.0 Å². The van der Waals surface area contributed by atoms with Crippen LogP contribution in [-0.2, 0) is 20.1 Å². The molecule has 0 spiro atoms. The molecule has 2 heterocycles. The Balaban J connectivity index is 0.000000934. The number of fused-ring (bicyclic) bond motifs is 2. The number of urea groups is 1. The number of unbranched alkanes of at least 4 members (excludes halogenated alkanes) is 2. The topological polar surface area (TPSA) is 103 Å². The second-order valence-electron chi connectivity index (χ2n) is 9.04. The van der Waals surface area contributed by atoms with Crippen molar-refractivity contribution in [3.05, 3.63) is 70.9 Å². The lowest BCUT2D eigenvalue weighted by atomic mass is 10.0. The lowest BCUT2D eigenvalue weighted by Crippen LogP contribution is -2.35. The molecule has 0 unspecified atom stereocenters. The van der Waals surface area contributed by atoms with Gasteiger partial charge in [-0.25, -0.2) is 4.79 Å². The molecule has 3 amide bonds. The molecule has 9 nitrogen and oxygen atoms in total. The fourth-order valence-corrected chi connectivity index (χ4v) is 4.14. The maximum absolute atomic E-state index is 13.6. The SMILES string of the molecule is CCCCCNC(=O)NCc1ccc(C(=O)N2Cc3cnn(C)c3Nc3ccccc32)cc1C.CNC=S. The number of aromatic nitrogens is 2. The van der Waals surface area contributed by atoms with Gasteiger partial charge in [0.1, 0.15) is 5.82 Å². The highest BCUT2D eigenvalue weighted by Gasteiger charge is 2.26. The van der Waals surface area contributed by atoms with Crippen LogP contribution in [0, 0.1) is 6.92 Å². The van der Waals surface area contributed by atoms with Crippen molar-refractivity contribution in [1.29, 1.82) is 0 Å². The van der Waals surface area contributed by atoms with Gasteiger partial charge in [0.25, 0.3) is 5.91 Å². The van der Waals surface area contributed by atoms with E-state index in [0.29, 0.717) is 25.2 Å². The lowest BCUT2D eigenvalue weighted by Gasteiger charge is -2.23. The first-order valence-electron chi connectivity index (χ1n) is 12.8. The average Bonchev–Trinajstić information content (AvgIpc) is 3.17. The van der Waals surface area contributed by atoms with Crippen LogP contribution in [0.1, 0.15) is 53.2 Å². The molecule has 4 rings (SSSR count). The van der Waals surface area contributed by atoms with Crippen LogP contribution in [0.3, 0.4) is 0 Å². The number of nitrogens with zero attached hydrogens (tertiary/aromatic N) is 3. The van der Waals surface area contributed by atoms with Gasteiger partial charge in [0.15, 0.2) is 0 Å². The smallest absolute Gasteiger partial charge is 0.315 e. The van der Waals surface area contributed by atoms with Gasteiger partial charge in [-0.3, -0.25) is 9.48 Å². The van der Waals surface area contributed by atoms with Crippen molar-refractivity contribution in [2.75, 3.05) is 23.8 Å². The Kier molecular flexibility index (Phi) is 10.7.